The maximum absolute atomic E-state index is 15.6. The topological polar surface area (TPSA) is 56.6 Å². The largest absolute Gasteiger partial charge is 0.443 e. The molecule has 0 aliphatic carbocycles. The molecule has 1 aromatic heterocycles. The molecule has 0 bridgehead atoms. The van der Waals surface area contributed by atoms with Gasteiger partial charge in [-0.05, 0) is 64.5 Å². The zero-order valence-corrected chi connectivity index (χ0v) is 18.2. The summed E-state index contributed by atoms with van der Waals surface area (Å²) < 4.78 is 28.8. The summed E-state index contributed by atoms with van der Waals surface area (Å²) in [6.07, 6.45) is 6.63. The lowest BCUT2D eigenvalue weighted by molar-refractivity contribution is -0.0366. The van der Waals surface area contributed by atoms with Crippen molar-refractivity contribution in [2.45, 2.75) is 65.2 Å². The number of halogens is 1. The van der Waals surface area contributed by atoms with Crippen molar-refractivity contribution in [1.82, 2.24) is 14.7 Å². The summed E-state index contributed by atoms with van der Waals surface area (Å²) in [5, 5.41) is 4.84. The van der Waals surface area contributed by atoms with Crippen LogP contribution in [0.4, 0.5) is 9.18 Å². The highest BCUT2D eigenvalue weighted by atomic mass is 19.1. The zero-order valence-electron chi connectivity index (χ0n) is 18.2. The monoisotopic (exact) mass is 415 g/mol. The number of carbonyl (C=O) groups excluding carboxylic acids is 1. The third kappa shape index (κ3) is 4.08. The van der Waals surface area contributed by atoms with Crippen molar-refractivity contribution in [2.24, 2.45) is 5.92 Å². The zero-order chi connectivity index (χ0) is 21.5. The Morgan fingerprint density at radius 3 is 2.80 bits per heavy atom. The van der Waals surface area contributed by atoms with Gasteiger partial charge in [0.25, 0.3) is 0 Å². The molecule has 30 heavy (non-hydrogen) atoms. The Kier molecular flexibility index (Phi) is 5.57. The van der Waals surface area contributed by atoms with Gasteiger partial charge in [-0.1, -0.05) is 13.0 Å². The highest BCUT2D eigenvalue weighted by Crippen LogP contribution is 2.34. The van der Waals surface area contributed by atoms with Gasteiger partial charge in [-0.15, -0.1) is 0 Å². The van der Waals surface area contributed by atoms with Gasteiger partial charge in [0.05, 0.1) is 22.8 Å². The predicted octanol–water partition coefficient (Wildman–Crippen LogP) is 5.49. The molecule has 2 unspecified atom stereocenters. The quantitative estimate of drug-likeness (QED) is 0.651. The SMILES string of the molecule is CC1CC=C(c2ccc3c(cnn3C3CCCCO3)c2F)N(C(=O)OC(C)(C)C)C1. The number of fused-ring (bicyclic) bond motifs is 1. The molecule has 0 N–H and O–H groups in total. The van der Waals surface area contributed by atoms with Crippen LogP contribution < -0.4 is 0 Å². The van der Waals surface area contributed by atoms with Gasteiger partial charge in [0.1, 0.15) is 11.4 Å². The smallest absolute Gasteiger partial charge is 0.414 e. The number of ether oxygens (including phenoxy) is 2. The number of rotatable bonds is 2. The fourth-order valence-electron chi connectivity index (χ4n) is 4.08. The van der Waals surface area contributed by atoms with Gasteiger partial charge in [-0.3, -0.25) is 4.90 Å². The molecule has 6 nitrogen and oxygen atoms in total. The standard InChI is InChI=1S/C23H30FN3O3/c1-15-8-10-18(26(14-15)22(28)30-23(2,3)4)16-9-11-19-17(21(16)24)13-25-27(19)20-7-5-6-12-29-20/h9-11,13,15,20H,5-8,12,14H2,1-4H3. The van der Waals surface area contributed by atoms with Gasteiger partial charge >= 0.3 is 6.09 Å². The summed E-state index contributed by atoms with van der Waals surface area (Å²) in [7, 11) is 0. The van der Waals surface area contributed by atoms with Gasteiger partial charge < -0.3 is 9.47 Å². The van der Waals surface area contributed by atoms with Crippen molar-refractivity contribution in [3.63, 3.8) is 0 Å². The van der Waals surface area contributed by atoms with E-state index in [-0.39, 0.29) is 18.0 Å². The first kappa shape index (κ1) is 20.8. The molecule has 2 aliphatic heterocycles. The Labute approximate surface area is 176 Å². The summed E-state index contributed by atoms with van der Waals surface area (Å²) in [6.45, 7) is 8.75. The molecule has 3 heterocycles. The highest BCUT2D eigenvalue weighted by Gasteiger charge is 2.31. The molecule has 0 spiro atoms. The summed E-state index contributed by atoms with van der Waals surface area (Å²) >= 11 is 0. The Balaban J connectivity index is 1.70. The van der Waals surface area contributed by atoms with Crippen molar-refractivity contribution >= 4 is 22.7 Å². The van der Waals surface area contributed by atoms with E-state index in [1.54, 1.807) is 21.8 Å². The second-order valence-electron chi connectivity index (χ2n) is 9.29. The highest BCUT2D eigenvalue weighted by molar-refractivity contribution is 5.88. The van der Waals surface area contributed by atoms with Gasteiger partial charge in [0.2, 0.25) is 0 Å². The first-order chi connectivity index (χ1) is 14.2. The lowest BCUT2D eigenvalue weighted by atomic mass is 9.97. The van der Waals surface area contributed by atoms with Crippen LogP contribution >= 0.6 is 0 Å². The van der Waals surface area contributed by atoms with E-state index in [0.29, 0.717) is 35.3 Å². The van der Waals surface area contributed by atoms with E-state index in [9.17, 15) is 4.79 Å². The minimum Gasteiger partial charge on any atom is -0.443 e. The summed E-state index contributed by atoms with van der Waals surface area (Å²) in [4.78, 5) is 14.4. The molecular formula is C23H30FN3O3. The fourth-order valence-corrected chi connectivity index (χ4v) is 4.08. The number of hydrogen-bond donors (Lipinski definition) is 0. The first-order valence-corrected chi connectivity index (χ1v) is 10.7. The number of carbonyl (C=O) groups is 1. The molecule has 4 rings (SSSR count). The average molecular weight is 416 g/mol. The third-order valence-corrected chi connectivity index (χ3v) is 5.53. The van der Waals surface area contributed by atoms with E-state index in [2.05, 4.69) is 12.0 Å². The van der Waals surface area contributed by atoms with E-state index in [1.165, 1.54) is 0 Å². The Morgan fingerprint density at radius 1 is 1.30 bits per heavy atom. The maximum Gasteiger partial charge on any atom is 0.414 e. The van der Waals surface area contributed by atoms with Gasteiger partial charge in [0.15, 0.2) is 6.23 Å². The van der Waals surface area contributed by atoms with Crippen LogP contribution in [0.15, 0.2) is 24.4 Å². The molecule has 2 aliphatic rings. The van der Waals surface area contributed by atoms with Crippen LogP contribution in [0.1, 0.15) is 65.2 Å². The second-order valence-corrected chi connectivity index (χ2v) is 9.29. The van der Waals surface area contributed by atoms with Crippen LogP contribution in [0.25, 0.3) is 16.6 Å². The number of benzene rings is 1. The molecule has 2 aromatic rings. The lowest BCUT2D eigenvalue weighted by Crippen LogP contribution is -2.40. The summed E-state index contributed by atoms with van der Waals surface area (Å²) in [6, 6.07) is 3.60. The normalized spacial score (nSPS) is 22.8. The van der Waals surface area contributed by atoms with Crippen molar-refractivity contribution in [2.75, 3.05) is 13.2 Å². The molecule has 1 amide bonds. The molecule has 7 heteroatoms. The second kappa shape index (κ2) is 8.02. The van der Waals surface area contributed by atoms with Crippen LogP contribution in [-0.2, 0) is 9.47 Å². The minimum atomic E-state index is -0.619. The van der Waals surface area contributed by atoms with Crippen molar-refractivity contribution < 1.29 is 18.7 Å². The molecule has 0 radical (unpaired) electrons. The summed E-state index contributed by atoms with van der Waals surface area (Å²) in [5.74, 6) is -0.0943. The van der Waals surface area contributed by atoms with E-state index < -0.39 is 11.7 Å². The molecule has 1 fully saturated rings. The molecule has 162 valence electrons. The van der Waals surface area contributed by atoms with Crippen LogP contribution in [0.5, 0.6) is 0 Å². The van der Waals surface area contributed by atoms with Crippen LogP contribution in [0.3, 0.4) is 0 Å². The number of amides is 1. The average Bonchev–Trinajstić information content (AvgIpc) is 3.13. The van der Waals surface area contributed by atoms with Crippen LogP contribution in [-0.4, -0.2) is 39.5 Å². The van der Waals surface area contributed by atoms with Gasteiger partial charge in [0, 0.05) is 18.7 Å². The number of nitrogens with zero attached hydrogens (tertiary/aromatic N) is 3. The Morgan fingerprint density at radius 2 is 2.10 bits per heavy atom. The molecule has 0 saturated carbocycles. The maximum atomic E-state index is 15.6. The third-order valence-electron chi connectivity index (χ3n) is 5.53. The van der Waals surface area contributed by atoms with Crippen molar-refractivity contribution in [3.8, 4) is 0 Å². The molecule has 1 saturated heterocycles. The minimum absolute atomic E-state index is 0.158. The van der Waals surface area contributed by atoms with Gasteiger partial charge in [-0.2, -0.15) is 5.10 Å². The van der Waals surface area contributed by atoms with Crippen molar-refractivity contribution in [3.05, 3.63) is 35.8 Å². The van der Waals surface area contributed by atoms with Crippen molar-refractivity contribution in [1.29, 1.82) is 0 Å². The van der Waals surface area contributed by atoms with Gasteiger partial charge in [-0.25, -0.2) is 13.9 Å². The Hall–Kier alpha value is -2.41. The predicted molar refractivity (Wildman–Crippen MR) is 113 cm³/mol. The van der Waals surface area contributed by atoms with E-state index in [0.717, 1.165) is 25.7 Å². The van der Waals surface area contributed by atoms with Crippen LogP contribution in [0.2, 0.25) is 0 Å². The van der Waals surface area contributed by atoms with Crippen LogP contribution in [0, 0.1) is 11.7 Å². The number of hydrogen-bond acceptors (Lipinski definition) is 4. The fraction of sp³-hybridized carbons (Fsp3) is 0.565. The molecule has 1 aromatic carbocycles. The van der Waals surface area contributed by atoms with E-state index in [1.807, 2.05) is 32.9 Å². The summed E-state index contributed by atoms with van der Waals surface area (Å²) in [5.41, 5.74) is 1.04. The molecule has 2 atom stereocenters. The number of allylic oxidation sites excluding steroid dienone is 1. The first-order valence-electron chi connectivity index (χ1n) is 10.7. The Bertz CT molecular complexity index is 970. The van der Waals surface area contributed by atoms with E-state index >= 15 is 4.39 Å². The van der Waals surface area contributed by atoms with E-state index in [4.69, 9.17) is 9.47 Å². The lowest BCUT2D eigenvalue weighted by Gasteiger charge is -2.34. The number of aromatic nitrogens is 2. The molecular weight excluding hydrogens is 385 g/mol.